The number of hydrogen-bond acceptors (Lipinski definition) is 3. The number of ether oxygens (including phenoxy) is 1. The molecule has 0 fully saturated rings. The van der Waals surface area contributed by atoms with Crippen LogP contribution in [0.3, 0.4) is 0 Å². The van der Waals surface area contributed by atoms with Crippen LogP contribution in [0.15, 0.2) is 78.9 Å². The second-order valence-corrected chi connectivity index (χ2v) is 11.1. The monoisotopic (exact) mass is 401 g/mol. The first kappa shape index (κ1) is 19.3. The third-order valence-corrected chi connectivity index (χ3v) is 9.24. The maximum atomic E-state index is 6.33. The minimum absolute atomic E-state index is 0.190. The van der Waals surface area contributed by atoms with Gasteiger partial charge in [0.1, 0.15) is 11.3 Å². The Morgan fingerprint density at radius 1 is 0.923 bits per heavy atom. The summed E-state index contributed by atoms with van der Waals surface area (Å²) in [6, 6.07) is 24.3. The molecule has 0 amide bonds. The average Bonchev–Trinajstić information content (AvgIpc) is 2.69. The number of halogens is 1. The van der Waals surface area contributed by atoms with Crippen LogP contribution in [0.1, 0.15) is 18.7 Å². The van der Waals surface area contributed by atoms with Crippen molar-refractivity contribution in [1.82, 2.24) is 4.98 Å². The Bertz CT molecular complexity index is 845. The van der Waals surface area contributed by atoms with Crippen molar-refractivity contribution in [1.29, 1.82) is 0 Å². The molecular formula is C21H21ClNOPS. The Morgan fingerprint density at radius 3 is 2.00 bits per heavy atom. The minimum atomic E-state index is -2.07. The number of aromatic nitrogens is 1. The number of nitrogens with zero attached hydrogens (tertiary/aromatic N) is 1. The Balaban J connectivity index is 2.05. The largest absolute Gasteiger partial charge is 0.372 e. The van der Waals surface area contributed by atoms with Gasteiger partial charge in [-0.1, -0.05) is 90.1 Å². The van der Waals surface area contributed by atoms with Gasteiger partial charge in [-0.25, -0.2) is 4.98 Å². The first-order valence-electron chi connectivity index (χ1n) is 8.58. The van der Waals surface area contributed by atoms with Gasteiger partial charge in [0.25, 0.3) is 0 Å². The molecule has 5 heteroatoms. The fourth-order valence-electron chi connectivity index (χ4n) is 2.97. The SMILES string of the molecule is CCOC(CP(=S)(c1ccccc1)c1ccccc1)c1cccc(Cl)n1. The van der Waals surface area contributed by atoms with Crippen molar-refractivity contribution in [2.75, 3.05) is 12.8 Å². The molecule has 3 aromatic rings. The van der Waals surface area contributed by atoms with Gasteiger partial charge in [-0.15, -0.1) is 0 Å². The molecule has 0 aliphatic carbocycles. The quantitative estimate of drug-likeness (QED) is 0.413. The van der Waals surface area contributed by atoms with Gasteiger partial charge in [0, 0.05) is 18.8 Å². The van der Waals surface area contributed by atoms with Gasteiger partial charge in [-0.3, -0.25) is 0 Å². The van der Waals surface area contributed by atoms with Gasteiger partial charge < -0.3 is 4.74 Å². The van der Waals surface area contributed by atoms with Crippen LogP contribution in [0.2, 0.25) is 5.15 Å². The van der Waals surface area contributed by atoms with E-state index in [0.29, 0.717) is 17.9 Å². The molecule has 2 aromatic carbocycles. The topological polar surface area (TPSA) is 22.1 Å². The Hall–Kier alpha value is -1.51. The molecule has 3 rings (SSSR count). The van der Waals surface area contributed by atoms with Crippen LogP contribution < -0.4 is 10.6 Å². The number of benzene rings is 2. The van der Waals surface area contributed by atoms with E-state index >= 15 is 0 Å². The summed E-state index contributed by atoms with van der Waals surface area (Å²) in [5.41, 5.74) is 0.834. The minimum Gasteiger partial charge on any atom is -0.372 e. The van der Waals surface area contributed by atoms with Crippen LogP contribution in [0, 0.1) is 0 Å². The van der Waals surface area contributed by atoms with Gasteiger partial charge in [0.2, 0.25) is 0 Å². The third kappa shape index (κ3) is 4.42. The molecule has 0 bridgehead atoms. The molecule has 0 spiro atoms. The number of pyridine rings is 1. The van der Waals surface area contributed by atoms with Crippen LogP contribution >= 0.6 is 17.6 Å². The zero-order valence-electron chi connectivity index (χ0n) is 14.6. The molecule has 2 nitrogen and oxygen atoms in total. The van der Waals surface area contributed by atoms with E-state index in [1.165, 1.54) is 10.6 Å². The summed E-state index contributed by atoms with van der Waals surface area (Å²) in [6.45, 7) is 2.59. The van der Waals surface area contributed by atoms with Crippen molar-refractivity contribution in [3.63, 3.8) is 0 Å². The highest BCUT2D eigenvalue weighted by Crippen LogP contribution is 2.47. The van der Waals surface area contributed by atoms with Crippen LogP contribution in [-0.4, -0.2) is 17.8 Å². The molecule has 0 aliphatic rings. The van der Waals surface area contributed by atoms with Crippen molar-refractivity contribution in [3.8, 4) is 0 Å². The zero-order valence-corrected chi connectivity index (χ0v) is 17.1. The van der Waals surface area contributed by atoms with Crippen molar-refractivity contribution in [2.45, 2.75) is 13.0 Å². The summed E-state index contributed by atoms with van der Waals surface area (Å²) in [7, 11) is 0. The second-order valence-electron chi connectivity index (χ2n) is 5.92. The Kier molecular flexibility index (Phi) is 6.61. The molecule has 26 heavy (non-hydrogen) atoms. The summed E-state index contributed by atoms with van der Waals surface area (Å²) in [5.74, 6) is 0. The first-order valence-corrected chi connectivity index (χ1v) is 11.9. The van der Waals surface area contributed by atoms with Crippen molar-refractivity contribution in [2.24, 2.45) is 0 Å². The van der Waals surface area contributed by atoms with Crippen LogP contribution in [-0.2, 0) is 16.5 Å². The van der Waals surface area contributed by atoms with E-state index in [-0.39, 0.29) is 6.10 Å². The molecule has 134 valence electrons. The molecule has 0 aliphatic heterocycles. The molecular weight excluding hydrogens is 381 g/mol. The molecule has 0 saturated carbocycles. The molecule has 0 saturated heterocycles. The summed E-state index contributed by atoms with van der Waals surface area (Å²) in [5, 5.41) is 2.85. The predicted molar refractivity (Wildman–Crippen MR) is 115 cm³/mol. The van der Waals surface area contributed by atoms with E-state index in [9.17, 15) is 0 Å². The molecule has 1 unspecified atom stereocenters. The molecule has 0 radical (unpaired) electrons. The lowest BCUT2D eigenvalue weighted by molar-refractivity contribution is 0.0762. The van der Waals surface area contributed by atoms with E-state index < -0.39 is 6.04 Å². The normalized spacial score (nSPS) is 12.7. The summed E-state index contributed by atoms with van der Waals surface area (Å²) < 4.78 is 6.06. The molecule has 1 atom stereocenters. The van der Waals surface area contributed by atoms with Gasteiger partial charge in [0.15, 0.2) is 0 Å². The van der Waals surface area contributed by atoms with Crippen LogP contribution in [0.4, 0.5) is 0 Å². The third-order valence-electron chi connectivity index (χ3n) is 4.20. The highest BCUT2D eigenvalue weighted by molar-refractivity contribution is 8.21. The van der Waals surface area contributed by atoms with Gasteiger partial charge >= 0.3 is 0 Å². The maximum absolute atomic E-state index is 6.33. The van der Waals surface area contributed by atoms with E-state index in [4.69, 9.17) is 28.1 Å². The predicted octanol–water partition coefficient (Wildman–Crippen LogP) is 4.94. The van der Waals surface area contributed by atoms with Crippen LogP contribution in [0.5, 0.6) is 0 Å². The van der Waals surface area contributed by atoms with E-state index in [1.54, 1.807) is 6.07 Å². The molecule has 1 heterocycles. The summed E-state index contributed by atoms with van der Waals surface area (Å²) in [6.07, 6.45) is 0.516. The van der Waals surface area contributed by atoms with Crippen molar-refractivity contribution in [3.05, 3.63) is 89.7 Å². The lowest BCUT2D eigenvalue weighted by Crippen LogP contribution is -2.23. The van der Waals surface area contributed by atoms with E-state index in [0.717, 1.165) is 5.69 Å². The van der Waals surface area contributed by atoms with Gasteiger partial charge in [0.05, 0.1) is 5.69 Å². The molecule has 1 aromatic heterocycles. The van der Waals surface area contributed by atoms with Crippen molar-refractivity contribution < 1.29 is 4.74 Å². The lowest BCUT2D eigenvalue weighted by atomic mass is 10.2. The number of hydrogen-bond donors (Lipinski definition) is 0. The fourth-order valence-corrected chi connectivity index (χ4v) is 7.06. The maximum Gasteiger partial charge on any atom is 0.129 e. The Morgan fingerprint density at radius 2 is 1.50 bits per heavy atom. The highest BCUT2D eigenvalue weighted by Gasteiger charge is 2.28. The molecule has 0 N–H and O–H groups in total. The standard InChI is InChI=1S/C21H21ClNOPS/c1-2-24-20(19-14-9-15-21(22)23-19)16-25(26,17-10-5-3-6-11-17)18-12-7-4-8-13-18/h3-15,20H,2,16H2,1H3. The fraction of sp³-hybridized carbons (Fsp3) is 0.190. The summed E-state index contributed by atoms with van der Waals surface area (Å²) in [4.78, 5) is 4.48. The van der Waals surface area contributed by atoms with Crippen LogP contribution in [0.25, 0.3) is 0 Å². The van der Waals surface area contributed by atoms with E-state index in [1.807, 2.05) is 55.5 Å². The lowest BCUT2D eigenvalue weighted by Gasteiger charge is -2.28. The zero-order chi connectivity index (χ0) is 18.4. The van der Waals surface area contributed by atoms with Gasteiger partial charge in [-0.2, -0.15) is 0 Å². The summed E-state index contributed by atoms with van der Waals surface area (Å²) >= 11 is 12.4. The highest BCUT2D eigenvalue weighted by atomic mass is 35.5. The first-order chi connectivity index (χ1) is 12.6. The average molecular weight is 402 g/mol. The van der Waals surface area contributed by atoms with E-state index in [2.05, 4.69) is 29.2 Å². The Labute approximate surface area is 165 Å². The second kappa shape index (κ2) is 8.92. The van der Waals surface area contributed by atoms with Crippen molar-refractivity contribution >= 4 is 40.1 Å². The number of rotatable bonds is 7. The van der Waals surface area contributed by atoms with Gasteiger partial charge in [-0.05, 0) is 29.7 Å². The smallest absolute Gasteiger partial charge is 0.129 e.